The van der Waals surface area contributed by atoms with E-state index in [2.05, 4.69) is 6.07 Å². The fourth-order valence-electron chi connectivity index (χ4n) is 3.07. The van der Waals surface area contributed by atoms with Crippen LogP contribution in [0.4, 0.5) is 5.13 Å². The number of hydrogen-bond acceptors (Lipinski definition) is 6. The first-order valence-electron chi connectivity index (χ1n) is 9.80. The average Bonchev–Trinajstić information content (AvgIpc) is 3.17. The summed E-state index contributed by atoms with van der Waals surface area (Å²) in [5, 5.41) is 0.652. The number of aryl methyl sites for hydroxylation is 2. The first-order chi connectivity index (χ1) is 14.1. The molecule has 0 aliphatic heterocycles. The minimum absolute atomic E-state index is 0.0274. The second-order valence-corrected chi connectivity index (χ2v) is 10.8. The van der Waals surface area contributed by atoms with Crippen LogP contribution in [0.15, 0.2) is 41.3 Å². The number of nitrogens with zero attached hydrogens (tertiary/aromatic N) is 3. The van der Waals surface area contributed by atoms with Gasteiger partial charge in [-0.25, -0.2) is 13.4 Å². The molecule has 0 unspecified atom stereocenters. The van der Waals surface area contributed by atoms with E-state index in [1.807, 2.05) is 38.9 Å². The van der Waals surface area contributed by atoms with Gasteiger partial charge in [0.25, 0.3) is 5.91 Å². The van der Waals surface area contributed by atoms with E-state index in [9.17, 15) is 13.2 Å². The highest BCUT2D eigenvalue weighted by Gasteiger charge is 2.23. The molecular formula is C22H27N3O3S2. The molecule has 1 aromatic heterocycles. The van der Waals surface area contributed by atoms with Crippen LogP contribution in [0.3, 0.4) is 0 Å². The molecular weight excluding hydrogens is 418 g/mol. The highest BCUT2D eigenvalue weighted by molar-refractivity contribution is 7.91. The molecule has 0 atom stereocenters. The number of sulfone groups is 1. The van der Waals surface area contributed by atoms with Crippen molar-refractivity contribution in [2.24, 2.45) is 0 Å². The van der Waals surface area contributed by atoms with Gasteiger partial charge in [-0.1, -0.05) is 30.4 Å². The molecule has 30 heavy (non-hydrogen) atoms. The van der Waals surface area contributed by atoms with Gasteiger partial charge < -0.3 is 4.90 Å². The third-order valence-corrected chi connectivity index (χ3v) is 7.98. The summed E-state index contributed by atoms with van der Waals surface area (Å²) in [4.78, 5) is 22.1. The summed E-state index contributed by atoms with van der Waals surface area (Å²) >= 11 is 1.51. The molecule has 2 aromatic carbocycles. The zero-order chi connectivity index (χ0) is 22.1. The van der Waals surface area contributed by atoms with Crippen molar-refractivity contribution in [1.82, 2.24) is 9.88 Å². The maximum absolute atomic E-state index is 13.4. The van der Waals surface area contributed by atoms with E-state index in [0.29, 0.717) is 23.8 Å². The van der Waals surface area contributed by atoms with Gasteiger partial charge in [-0.15, -0.1) is 0 Å². The van der Waals surface area contributed by atoms with Gasteiger partial charge in [-0.3, -0.25) is 9.69 Å². The highest BCUT2D eigenvalue weighted by Crippen LogP contribution is 2.33. The van der Waals surface area contributed by atoms with Crippen LogP contribution >= 0.6 is 11.3 Å². The van der Waals surface area contributed by atoms with Crippen molar-refractivity contribution in [2.45, 2.75) is 25.7 Å². The Hall–Kier alpha value is -2.29. The number of likely N-dealkylation sites (N-methyl/N-ethyl adjacent to an activating group) is 1. The van der Waals surface area contributed by atoms with Crippen LogP contribution in [-0.2, 0) is 9.84 Å². The van der Waals surface area contributed by atoms with Crippen LogP contribution in [0.2, 0.25) is 0 Å². The van der Waals surface area contributed by atoms with E-state index in [1.54, 1.807) is 24.0 Å². The Morgan fingerprint density at radius 1 is 1.00 bits per heavy atom. The van der Waals surface area contributed by atoms with Gasteiger partial charge in [0, 0.05) is 18.7 Å². The lowest BCUT2D eigenvalue weighted by atomic mass is 10.1. The predicted octanol–water partition coefficient (Wildman–Crippen LogP) is 3.92. The number of benzene rings is 2. The number of carbonyl (C=O) groups excluding carboxylic acids is 1. The van der Waals surface area contributed by atoms with Crippen molar-refractivity contribution >= 4 is 42.4 Å². The van der Waals surface area contributed by atoms with Gasteiger partial charge in [0.2, 0.25) is 0 Å². The zero-order valence-corrected chi connectivity index (χ0v) is 19.6. The van der Waals surface area contributed by atoms with Gasteiger partial charge in [0.1, 0.15) is 0 Å². The fraction of sp³-hybridized carbons (Fsp3) is 0.364. The summed E-state index contributed by atoms with van der Waals surface area (Å²) in [5.41, 5.74) is 3.57. The fourth-order valence-corrected chi connectivity index (χ4v) is 5.10. The smallest absolute Gasteiger partial charge is 0.260 e. The lowest BCUT2D eigenvalue weighted by molar-refractivity contribution is 0.0985. The molecule has 0 radical (unpaired) electrons. The van der Waals surface area contributed by atoms with Gasteiger partial charge in [0.15, 0.2) is 15.0 Å². The summed E-state index contributed by atoms with van der Waals surface area (Å²) in [5.74, 6) is -0.161. The van der Waals surface area contributed by atoms with E-state index in [4.69, 9.17) is 4.98 Å². The molecule has 6 nitrogen and oxygen atoms in total. The van der Waals surface area contributed by atoms with Crippen molar-refractivity contribution < 1.29 is 13.2 Å². The number of thiazole rings is 1. The minimum atomic E-state index is -3.30. The number of aromatic nitrogens is 1. The van der Waals surface area contributed by atoms with Crippen LogP contribution in [0, 0.1) is 13.8 Å². The van der Waals surface area contributed by atoms with Gasteiger partial charge >= 0.3 is 0 Å². The summed E-state index contributed by atoms with van der Waals surface area (Å²) in [6, 6.07) is 10.3. The summed E-state index contributed by atoms with van der Waals surface area (Å²) in [6.07, 6.45) is 0. The minimum Gasteiger partial charge on any atom is -0.308 e. The lowest BCUT2D eigenvalue weighted by Gasteiger charge is -2.22. The Balaban J connectivity index is 2.01. The first-order valence-corrected chi connectivity index (χ1v) is 12.3. The van der Waals surface area contributed by atoms with Crippen molar-refractivity contribution in [1.29, 1.82) is 0 Å². The highest BCUT2D eigenvalue weighted by atomic mass is 32.2. The summed E-state index contributed by atoms with van der Waals surface area (Å²) in [6.45, 7) is 6.84. The van der Waals surface area contributed by atoms with Crippen LogP contribution in [0.1, 0.15) is 28.4 Å². The standard InChI is InChI=1S/C22H27N3O3S2/c1-6-30(27,28)18-11-9-17(10-12-18)21(26)25(14-13-24(4)5)22-23-19-15(2)7-8-16(3)20(19)29-22/h7-12H,6,13-14H2,1-5H3. The molecule has 1 amide bonds. The molecule has 0 aliphatic rings. The number of rotatable bonds is 7. The number of carbonyl (C=O) groups is 1. The molecule has 0 saturated heterocycles. The molecule has 0 N–H and O–H groups in total. The third-order valence-electron chi connectivity index (χ3n) is 5.02. The molecule has 0 spiro atoms. The van der Waals surface area contributed by atoms with Gasteiger partial charge in [-0.2, -0.15) is 0 Å². The van der Waals surface area contributed by atoms with E-state index in [-0.39, 0.29) is 16.6 Å². The molecule has 0 aliphatic carbocycles. The SMILES string of the molecule is CCS(=O)(=O)c1ccc(C(=O)N(CCN(C)C)c2nc3c(C)ccc(C)c3s2)cc1. The number of amides is 1. The lowest BCUT2D eigenvalue weighted by Crippen LogP contribution is -2.36. The average molecular weight is 446 g/mol. The molecule has 1 heterocycles. The normalized spacial score (nSPS) is 11.9. The molecule has 0 saturated carbocycles. The molecule has 3 aromatic rings. The number of fused-ring (bicyclic) bond motifs is 1. The second kappa shape index (κ2) is 8.83. The van der Waals surface area contributed by atoms with Crippen LogP contribution in [0.25, 0.3) is 10.2 Å². The predicted molar refractivity (Wildman–Crippen MR) is 123 cm³/mol. The van der Waals surface area contributed by atoms with E-state index in [0.717, 1.165) is 21.3 Å². The largest absolute Gasteiger partial charge is 0.308 e. The van der Waals surface area contributed by atoms with Crippen molar-refractivity contribution in [3.05, 3.63) is 53.1 Å². The first kappa shape index (κ1) is 22.4. The van der Waals surface area contributed by atoms with Crippen LogP contribution in [0.5, 0.6) is 0 Å². The second-order valence-electron chi connectivity index (χ2n) is 7.56. The molecule has 160 valence electrons. The van der Waals surface area contributed by atoms with Crippen LogP contribution < -0.4 is 4.90 Å². The van der Waals surface area contributed by atoms with Crippen molar-refractivity contribution in [2.75, 3.05) is 37.8 Å². The monoisotopic (exact) mass is 445 g/mol. The summed E-state index contributed by atoms with van der Waals surface area (Å²) < 4.78 is 25.2. The van der Waals surface area contributed by atoms with Crippen LogP contribution in [-0.4, -0.2) is 57.1 Å². The third kappa shape index (κ3) is 4.55. The summed E-state index contributed by atoms with van der Waals surface area (Å²) in [7, 11) is 0.613. The topological polar surface area (TPSA) is 70.6 Å². The number of hydrogen-bond donors (Lipinski definition) is 0. The Bertz CT molecular complexity index is 1130. The van der Waals surface area contributed by atoms with E-state index < -0.39 is 9.84 Å². The molecule has 3 rings (SSSR count). The van der Waals surface area contributed by atoms with Gasteiger partial charge in [-0.05, 0) is 63.3 Å². The van der Waals surface area contributed by atoms with Crippen molar-refractivity contribution in [3.8, 4) is 0 Å². The van der Waals surface area contributed by atoms with Crippen molar-refractivity contribution in [3.63, 3.8) is 0 Å². The Morgan fingerprint density at radius 3 is 2.20 bits per heavy atom. The Labute approximate surface area is 182 Å². The Kier molecular flexibility index (Phi) is 6.59. The quantitative estimate of drug-likeness (QED) is 0.551. The molecule has 0 bridgehead atoms. The maximum atomic E-state index is 13.4. The zero-order valence-electron chi connectivity index (χ0n) is 18.0. The van der Waals surface area contributed by atoms with E-state index in [1.165, 1.54) is 23.5 Å². The molecule has 8 heteroatoms. The Morgan fingerprint density at radius 2 is 1.63 bits per heavy atom. The maximum Gasteiger partial charge on any atom is 0.260 e. The van der Waals surface area contributed by atoms with Gasteiger partial charge in [0.05, 0.1) is 20.9 Å². The molecule has 0 fully saturated rings. The number of anilines is 1. The van der Waals surface area contributed by atoms with E-state index >= 15 is 0 Å².